The van der Waals surface area contributed by atoms with Gasteiger partial charge in [-0.05, 0) is 42.8 Å². The lowest BCUT2D eigenvalue weighted by Gasteiger charge is -2.19. The highest BCUT2D eigenvalue weighted by Crippen LogP contribution is 2.21. The van der Waals surface area contributed by atoms with Crippen LogP contribution in [-0.2, 0) is 0 Å². The normalized spacial score (nSPS) is 11.0. The first kappa shape index (κ1) is 16.2. The summed E-state index contributed by atoms with van der Waals surface area (Å²) in [6, 6.07) is 18.1. The van der Waals surface area contributed by atoms with E-state index in [-0.39, 0.29) is 0 Å². The van der Waals surface area contributed by atoms with Crippen LogP contribution in [0.5, 0.6) is 0 Å². The molecule has 0 aliphatic heterocycles. The van der Waals surface area contributed by atoms with Crippen molar-refractivity contribution in [2.75, 3.05) is 18.5 Å². The maximum Gasteiger partial charge on any atom is 0.0858 e. The molecule has 0 bridgehead atoms. The first-order valence-electron chi connectivity index (χ1n) is 8.07. The molecule has 0 N–H and O–H groups in total. The topological polar surface area (TPSA) is 28.0 Å². The number of hydrogen-bond acceptors (Lipinski definition) is 3. The molecule has 0 heterocycles. The van der Waals surface area contributed by atoms with Crippen LogP contribution in [0.2, 0.25) is 0 Å². The average molecular weight is 295 g/mol. The fourth-order valence-corrected chi connectivity index (χ4v) is 2.29. The second-order valence-corrected chi connectivity index (χ2v) is 5.53. The zero-order chi connectivity index (χ0) is 15.6. The molecule has 0 saturated heterocycles. The molecular formula is C19H25N3. The molecule has 0 amide bonds. The molecule has 0 radical (unpaired) electrons. The average Bonchev–Trinajstić information content (AvgIpc) is 2.58. The fraction of sp³-hybridized carbons (Fsp3) is 0.368. The number of nitrogens with zero attached hydrogens (tertiary/aromatic N) is 3. The van der Waals surface area contributed by atoms with Crippen molar-refractivity contribution in [2.24, 2.45) is 10.2 Å². The minimum atomic E-state index is 0.875. The summed E-state index contributed by atoms with van der Waals surface area (Å²) in [6.07, 6.45) is 5.17. The van der Waals surface area contributed by atoms with Crippen molar-refractivity contribution in [3.63, 3.8) is 0 Å². The molecule has 2 rings (SSSR count). The summed E-state index contributed by atoms with van der Waals surface area (Å²) < 4.78 is 0. The SMILES string of the molecule is CCCCCCN(C)c1ccc(N=Nc2ccccc2)cc1. The predicted octanol–water partition coefficient (Wildman–Crippen LogP) is 6.12. The summed E-state index contributed by atoms with van der Waals surface area (Å²) >= 11 is 0. The lowest BCUT2D eigenvalue weighted by Crippen LogP contribution is -2.18. The van der Waals surface area contributed by atoms with Crippen LogP contribution in [0.3, 0.4) is 0 Å². The van der Waals surface area contributed by atoms with Crippen LogP contribution in [0.4, 0.5) is 17.1 Å². The molecule has 0 atom stereocenters. The van der Waals surface area contributed by atoms with E-state index in [2.05, 4.69) is 41.2 Å². The van der Waals surface area contributed by atoms with Gasteiger partial charge in [0.15, 0.2) is 0 Å². The number of rotatable bonds is 8. The highest BCUT2D eigenvalue weighted by atomic mass is 15.1. The van der Waals surface area contributed by atoms with Gasteiger partial charge < -0.3 is 4.90 Å². The third kappa shape index (κ3) is 5.32. The van der Waals surface area contributed by atoms with E-state index in [4.69, 9.17) is 0 Å². The standard InChI is InChI=1S/C19H25N3/c1-3-4-5-9-16-22(2)19-14-12-18(13-15-19)21-20-17-10-7-6-8-11-17/h6-8,10-15H,3-5,9,16H2,1-2H3. The fourth-order valence-electron chi connectivity index (χ4n) is 2.29. The van der Waals surface area contributed by atoms with Crippen LogP contribution in [0.25, 0.3) is 0 Å². The molecule has 0 saturated carbocycles. The summed E-state index contributed by atoms with van der Waals surface area (Å²) in [6.45, 7) is 3.34. The Bertz CT molecular complexity index is 561. The molecule has 0 spiro atoms. The van der Waals surface area contributed by atoms with E-state index in [1.54, 1.807) is 0 Å². The van der Waals surface area contributed by atoms with Gasteiger partial charge >= 0.3 is 0 Å². The van der Waals surface area contributed by atoms with E-state index < -0.39 is 0 Å². The maximum atomic E-state index is 4.27. The quantitative estimate of drug-likeness (QED) is 0.426. The zero-order valence-electron chi connectivity index (χ0n) is 13.6. The first-order valence-corrected chi connectivity index (χ1v) is 8.07. The molecule has 0 aliphatic carbocycles. The van der Waals surface area contributed by atoms with Gasteiger partial charge in [-0.25, -0.2) is 0 Å². The van der Waals surface area contributed by atoms with Gasteiger partial charge in [-0.15, -0.1) is 0 Å². The van der Waals surface area contributed by atoms with Crippen LogP contribution in [0.1, 0.15) is 32.6 Å². The monoisotopic (exact) mass is 295 g/mol. The molecule has 3 heteroatoms. The Balaban J connectivity index is 1.88. The lowest BCUT2D eigenvalue weighted by molar-refractivity contribution is 0.661. The van der Waals surface area contributed by atoms with Crippen molar-refractivity contribution in [2.45, 2.75) is 32.6 Å². The number of hydrogen-bond donors (Lipinski definition) is 0. The van der Waals surface area contributed by atoms with Crippen molar-refractivity contribution in [3.05, 3.63) is 54.6 Å². The maximum absolute atomic E-state index is 4.27. The Labute approximate surface area is 133 Å². The second-order valence-electron chi connectivity index (χ2n) is 5.53. The molecule has 2 aromatic carbocycles. The van der Waals surface area contributed by atoms with Gasteiger partial charge in [0.05, 0.1) is 11.4 Å². The largest absolute Gasteiger partial charge is 0.375 e. The highest BCUT2D eigenvalue weighted by molar-refractivity contribution is 5.52. The Morgan fingerprint density at radius 1 is 0.773 bits per heavy atom. The van der Waals surface area contributed by atoms with Gasteiger partial charge in [0.25, 0.3) is 0 Å². The minimum Gasteiger partial charge on any atom is -0.375 e. The van der Waals surface area contributed by atoms with Crippen LogP contribution in [0, 0.1) is 0 Å². The van der Waals surface area contributed by atoms with E-state index in [0.717, 1.165) is 17.9 Å². The summed E-state index contributed by atoms with van der Waals surface area (Å²) in [5.74, 6) is 0. The molecule has 0 fully saturated rings. The van der Waals surface area contributed by atoms with E-state index in [0.29, 0.717) is 0 Å². The summed E-state index contributed by atoms with van der Waals surface area (Å²) in [5.41, 5.74) is 2.99. The minimum absolute atomic E-state index is 0.875. The molecule has 0 aromatic heterocycles. The van der Waals surface area contributed by atoms with Gasteiger partial charge in [0, 0.05) is 19.3 Å². The van der Waals surface area contributed by atoms with Gasteiger partial charge in [-0.3, -0.25) is 0 Å². The number of unbranched alkanes of at least 4 members (excludes halogenated alkanes) is 3. The van der Waals surface area contributed by atoms with E-state index in [1.807, 2.05) is 42.5 Å². The van der Waals surface area contributed by atoms with Crippen LogP contribution < -0.4 is 4.90 Å². The van der Waals surface area contributed by atoms with Crippen molar-refractivity contribution in [1.29, 1.82) is 0 Å². The van der Waals surface area contributed by atoms with Crippen molar-refractivity contribution >= 4 is 17.1 Å². The van der Waals surface area contributed by atoms with Crippen molar-refractivity contribution in [3.8, 4) is 0 Å². The molecule has 116 valence electrons. The van der Waals surface area contributed by atoms with Gasteiger partial charge in [0.2, 0.25) is 0 Å². The smallest absolute Gasteiger partial charge is 0.0858 e. The van der Waals surface area contributed by atoms with E-state index in [1.165, 1.54) is 31.4 Å². The zero-order valence-corrected chi connectivity index (χ0v) is 13.6. The number of anilines is 1. The van der Waals surface area contributed by atoms with E-state index >= 15 is 0 Å². The molecule has 0 unspecified atom stereocenters. The Hall–Kier alpha value is -2.16. The summed E-state index contributed by atoms with van der Waals surface area (Å²) in [4.78, 5) is 2.30. The third-order valence-electron chi connectivity index (χ3n) is 3.67. The predicted molar refractivity (Wildman–Crippen MR) is 94.5 cm³/mol. The third-order valence-corrected chi connectivity index (χ3v) is 3.67. The second kappa shape index (κ2) is 8.98. The molecule has 22 heavy (non-hydrogen) atoms. The summed E-state index contributed by atoms with van der Waals surface area (Å²) in [5, 5.41) is 8.50. The number of benzene rings is 2. The first-order chi connectivity index (χ1) is 10.8. The molecular weight excluding hydrogens is 270 g/mol. The Morgan fingerprint density at radius 3 is 2.05 bits per heavy atom. The Morgan fingerprint density at radius 2 is 1.41 bits per heavy atom. The number of azo groups is 1. The van der Waals surface area contributed by atoms with Crippen molar-refractivity contribution < 1.29 is 0 Å². The summed E-state index contributed by atoms with van der Waals surface area (Å²) in [7, 11) is 2.15. The molecule has 3 nitrogen and oxygen atoms in total. The Kier molecular flexibility index (Phi) is 6.62. The molecule has 0 aliphatic rings. The highest BCUT2D eigenvalue weighted by Gasteiger charge is 2.00. The molecule has 2 aromatic rings. The van der Waals surface area contributed by atoms with Crippen molar-refractivity contribution in [1.82, 2.24) is 0 Å². The van der Waals surface area contributed by atoms with Gasteiger partial charge in [-0.2, -0.15) is 10.2 Å². The van der Waals surface area contributed by atoms with E-state index in [9.17, 15) is 0 Å². The van der Waals surface area contributed by atoms with Crippen LogP contribution in [0.15, 0.2) is 64.8 Å². The lowest BCUT2D eigenvalue weighted by atomic mass is 10.2. The van der Waals surface area contributed by atoms with Crippen LogP contribution in [-0.4, -0.2) is 13.6 Å². The van der Waals surface area contributed by atoms with Gasteiger partial charge in [0.1, 0.15) is 0 Å². The van der Waals surface area contributed by atoms with Gasteiger partial charge in [-0.1, -0.05) is 44.4 Å². The van der Waals surface area contributed by atoms with Crippen LogP contribution >= 0.6 is 0 Å².